The lowest BCUT2D eigenvalue weighted by Crippen LogP contribution is -2.40. The third-order valence-corrected chi connectivity index (χ3v) is 5.18. The maximum atomic E-state index is 12.4. The highest BCUT2D eigenvalue weighted by Gasteiger charge is 2.22. The normalized spacial score (nSPS) is 11.6. The van der Waals surface area contributed by atoms with Gasteiger partial charge in [0, 0.05) is 11.2 Å². The van der Waals surface area contributed by atoms with E-state index in [9.17, 15) is 18.0 Å². The monoisotopic (exact) mass is 419 g/mol. The summed E-state index contributed by atoms with van der Waals surface area (Å²) in [5.41, 5.74) is -0.328. The van der Waals surface area contributed by atoms with Crippen LogP contribution in [0.15, 0.2) is 59.5 Å². The Labute approximate surface area is 170 Å². The third kappa shape index (κ3) is 7.92. The maximum Gasteiger partial charge on any atom is 0.258 e. The van der Waals surface area contributed by atoms with Gasteiger partial charge in [0.1, 0.15) is 5.75 Å². The highest BCUT2D eigenvalue weighted by Crippen LogP contribution is 2.17. The van der Waals surface area contributed by atoms with Gasteiger partial charge in [0.25, 0.3) is 5.91 Å². The van der Waals surface area contributed by atoms with Crippen LogP contribution in [-0.4, -0.2) is 38.9 Å². The zero-order valence-electron chi connectivity index (χ0n) is 16.6. The van der Waals surface area contributed by atoms with Crippen molar-refractivity contribution >= 4 is 27.5 Å². The van der Waals surface area contributed by atoms with E-state index in [0.717, 1.165) is 0 Å². The van der Waals surface area contributed by atoms with E-state index in [1.807, 2.05) is 6.07 Å². The summed E-state index contributed by atoms with van der Waals surface area (Å²) < 4.78 is 32.6. The molecule has 2 amide bonds. The number of ether oxygens (including phenoxy) is 1. The van der Waals surface area contributed by atoms with Gasteiger partial charge in [-0.25, -0.2) is 13.1 Å². The number of amides is 2. The molecule has 29 heavy (non-hydrogen) atoms. The van der Waals surface area contributed by atoms with Crippen LogP contribution in [0.3, 0.4) is 0 Å². The summed E-state index contributed by atoms with van der Waals surface area (Å²) in [5, 5.41) is 5.00. The van der Waals surface area contributed by atoms with Gasteiger partial charge in [0.15, 0.2) is 6.61 Å². The molecule has 156 valence electrons. The van der Waals surface area contributed by atoms with Gasteiger partial charge >= 0.3 is 0 Å². The third-order valence-electron chi connectivity index (χ3n) is 3.43. The van der Waals surface area contributed by atoms with Crippen LogP contribution in [0.5, 0.6) is 5.75 Å². The maximum absolute atomic E-state index is 12.4. The number of anilines is 1. The van der Waals surface area contributed by atoms with Crippen LogP contribution in [0.1, 0.15) is 20.8 Å². The van der Waals surface area contributed by atoms with Gasteiger partial charge in [-0.15, -0.1) is 0 Å². The number of rotatable bonds is 8. The first kappa shape index (κ1) is 22.4. The van der Waals surface area contributed by atoms with E-state index in [2.05, 4.69) is 15.4 Å². The minimum absolute atomic E-state index is 0.0329. The van der Waals surface area contributed by atoms with E-state index in [0.29, 0.717) is 11.4 Å². The van der Waals surface area contributed by atoms with Gasteiger partial charge in [-0.1, -0.05) is 24.3 Å². The standard InChI is InChI=1S/C20H25N3O5S/c1-20(2,3)23-29(26,27)17-11-7-8-15(12-17)22-18(24)13-21-19(25)14-28-16-9-5-4-6-10-16/h4-12,23H,13-14H2,1-3H3,(H,21,25)(H,22,24). The molecule has 0 saturated carbocycles. The van der Waals surface area contributed by atoms with Crippen molar-refractivity contribution in [3.05, 3.63) is 54.6 Å². The Morgan fingerprint density at radius 2 is 1.66 bits per heavy atom. The van der Waals surface area contributed by atoms with Crippen molar-refractivity contribution in [1.29, 1.82) is 0 Å². The van der Waals surface area contributed by atoms with Gasteiger partial charge in [0.05, 0.1) is 11.4 Å². The van der Waals surface area contributed by atoms with Crippen molar-refractivity contribution in [2.24, 2.45) is 0 Å². The molecule has 0 heterocycles. The van der Waals surface area contributed by atoms with Crippen LogP contribution in [0.25, 0.3) is 0 Å². The SMILES string of the molecule is CC(C)(C)NS(=O)(=O)c1cccc(NC(=O)CNC(=O)COc2ccccc2)c1. The van der Waals surface area contributed by atoms with Crippen molar-refractivity contribution in [3.63, 3.8) is 0 Å². The van der Waals surface area contributed by atoms with Crippen LogP contribution < -0.4 is 20.1 Å². The zero-order valence-corrected chi connectivity index (χ0v) is 17.4. The number of carbonyl (C=O) groups is 2. The highest BCUT2D eigenvalue weighted by atomic mass is 32.2. The van der Waals surface area contributed by atoms with Crippen LogP contribution in [0.4, 0.5) is 5.69 Å². The molecule has 0 saturated heterocycles. The second kappa shape index (κ2) is 9.53. The minimum Gasteiger partial charge on any atom is -0.484 e. The molecule has 3 N–H and O–H groups in total. The summed E-state index contributed by atoms with van der Waals surface area (Å²) in [6.45, 7) is 4.72. The van der Waals surface area contributed by atoms with E-state index in [1.165, 1.54) is 18.2 Å². The molecule has 9 heteroatoms. The molecular formula is C20H25N3O5S. The molecule has 2 rings (SSSR count). The van der Waals surface area contributed by atoms with E-state index >= 15 is 0 Å². The molecule has 0 aliphatic rings. The Hall–Kier alpha value is -2.91. The average molecular weight is 420 g/mol. The van der Waals surface area contributed by atoms with Crippen LogP contribution >= 0.6 is 0 Å². The lowest BCUT2D eigenvalue weighted by molar-refractivity contribution is -0.125. The van der Waals surface area contributed by atoms with Crippen LogP contribution in [-0.2, 0) is 19.6 Å². The molecule has 2 aromatic rings. The molecule has 0 aliphatic carbocycles. The summed E-state index contributed by atoms with van der Waals surface area (Å²) >= 11 is 0. The molecule has 0 aromatic heterocycles. The molecule has 8 nitrogen and oxygen atoms in total. The molecule has 0 atom stereocenters. The molecular weight excluding hydrogens is 394 g/mol. The minimum atomic E-state index is -3.72. The first-order valence-electron chi connectivity index (χ1n) is 8.94. The molecule has 0 unspecified atom stereocenters. The number of nitrogens with one attached hydrogen (secondary N) is 3. The topological polar surface area (TPSA) is 114 Å². The summed E-state index contributed by atoms with van der Waals surface area (Å²) in [6, 6.07) is 14.7. The Kier molecular flexibility index (Phi) is 7.35. The summed E-state index contributed by atoms with van der Waals surface area (Å²) in [7, 11) is -3.72. The predicted octanol–water partition coefficient (Wildman–Crippen LogP) is 1.90. The summed E-state index contributed by atoms with van der Waals surface area (Å²) in [6.07, 6.45) is 0. The quantitative estimate of drug-likeness (QED) is 0.605. The molecule has 0 aliphatic heterocycles. The molecule has 2 aromatic carbocycles. The smallest absolute Gasteiger partial charge is 0.258 e. The Bertz CT molecular complexity index is 954. The highest BCUT2D eigenvalue weighted by molar-refractivity contribution is 7.89. The fraction of sp³-hybridized carbons (Fsp3) is 0.300. The fourth-order valence-electron chi connectivity index (χ4n) is 2.30. The summed E-state index contributed by atoms with van der Waals surface area (Å²) in [5.74, 6) is -0.389. The number of para-hydroxylation sites is 1. The number of carbonyl (C=O) groups excluding carboxylic acids is 2. The Balaban J connectivity index is 1.87. The van der Waals surface area contributed by atoms with Crippen molar-refractivity contribution in [2.75, 3.05) is 18.5 Å². The summed E-state index contributed by atoms with van der Waals surface area (Å²) in [4.78, 5) is 23.9. The van der Waals surface area contributed by atoms with E-state index in [1.54, 1.807) is 51.1 Å². The number of sulfonamides is 1. The molecule has 0 bridgehead atoms. The van der Waals surface area contributed by atoms with Crippen LogP contribution in [0, 0.1) is 0 Å². The predicted molar refractivity (Wildman–Crippen MR) is 110 cm³/mol. The lowest BCUT2D eigenvalue weighted by atomic mass is 10.1. The van der Waals surface area contributed by atoms with Crippen molar-refractivity contribution in [3.8, 4) is 5.75 Å². The number of hydrogen-bond acceptors (Lipinski definition) is 5. The number of hydrogen-bond donors (Lipinski definition) is 3. The van der Waals surface area contributed by atoms with Crippen LogP contribution in [0.2, 0.25) is 0 Å². The van der Waals surface area contributed by atoms with Gasteiger partial charge < -0.3 is 15.4 Å². The van der Waals surface area contributed by atoms with Crippen molar-refractivity contribution in [2.45, 2.75) is 31.2 Å². The van der Waals surface area contributed by atoms with Gasteiger partial charge in [0.2, 0.25) is 15.9 Å². The second-order valence-corrected chi connectivity index (χ2v) is 8.99. The van der Waals surface area contributed by atoms with Gasteiger partial charge in [-0.05, 0) is 51.1 Å². The number of benzene rings is 2. The Morgan fingerprint density at radius 3 is 2.31 bits per heavy atom. The average Bonchev–Trinajstić information content (AvgIpc) is 2.64. The van der Waals surface area contributed by atoms with Crippen molar-refractivity contribution < 1.29 is 22.7 Å². The zero-order chi connectivity index (χ0) is 21.5. The molecule has 0 spiro atoms. The fourth-order valence-corrected chi connectivity index (χ4v) is 3.77. The van der Waals surface area contributed by atoms with E-state index in [-0.39, 0.29) is 18.0 Å². The van der Waals surface area contributed by atoms with Gasteiger partial charge in [-0.3, -0.25) is 9.59 Å². The largest absolute Gasteiger partial charge is 0.484 e. The molecule has 0 radical (unpaired) electrons. The van der Waals surface area contributed by atoms with Gasteiger partial charge in [-0.2, -0.15) is 0 Å². The molecule has 0 fully saturated rings. The van der Waals surface area contributed by atoms with Crippen molar-refractivity contribution in [1.82, 2.24) is 10.0 Å². The van der Waals surface area contributed by atoms with E-state index < -0.39 is 27.4 Å². The first-order valence-corrected chi connectivity index (χ1v) is 10.4. The van der Waals surface area contributed by atoms with E-state index in [4.69, 9.17) is 4.74 Å². The Morgan fingerprint density at radius 1 is 0.966 bits per heavy atom. The first-order chi connectivity index (χ1) is 13.5. The lowest BCUT2D eigenvalue weighted by Gasteiger charge is -2.20. The second-order valence-electron chi connectivity index (χ2n) is 7.31.